The quantitative estimate of drug-likeness (QED) is 0.509. The molecule has 3 aromatic carbocycles. The third kappa shape index (κ3) is 3.91. The molecule has 1 N–H and O–H groups in total. The third-order valence-electron chi connectivity index (χ3n) is 4.79. The maximum Gasteiger partial charge on any atom is 0.262 e. The summed E-state index contributed by atoms with van der Waals surface area (Å²) >= 11 is 0. The highest BCUT2D eigenvalue weighted by Crippen LogP contribution is 2.30. The lowest BCUT2D eigenvalue weighted by atomic mass is 10.1. The third-order valence-corrected chi connectivity index (χ3v) is 4.79. The number of anilines is 1. The van der Waals surface area contributed by atoms with Gasteiger partial charge in [-0.05, 0) is 36.8 Å². The minimum atomic E-state index is -0.303. The van der Waals surface area contributed by atoms with Crippen molar-refractivity contribution in [3.05, 3.63) is 101 Å². The molecule has 0 radical (unpaired) electrons. The van der Waals surface area contributed by atoms with Gasteiger partial charge in [-0.15, -0.1) is 0 Å². The first kappa shape index (κ1) is 19.3. The Hall–Kier alpha value is -3.99. The molecule has 0 bridgehead atoms. The molecule has 1 amide bonds. The van der Waals surface area contributed by atoms with Crippen LogP contribution in [0, 0.1) is 6.92 Å². The lowest BCUT2D eigenvalue weighted by Crippen LogP contribution is -2.20. The minimum absolute atomic E-state index is 0.0939. The highest BCUT2D eigenvalue weighted by Gasteiger charge is 2.32. The van der Waals surface area contributed by atoms with Crippen LogP contribution < -0.4 is 10.1 Å². The first-order chi connectivity index (χ1) is 14.5. The highest BCUT2D eigenvalue weighted by molar-refractivity contribution is 6.41. The van der Waals surface area contributed by atoms with E-state index in [1.807, 2.05) is 25.1 Å². The summed E-state index contributed by atoms with van der Waals surface area (Å²) in [5.41, 5.74) is 3.20. The molecule has 148 valence electrons. The van der Waals surface area contributed by atoms with E-state index in [2.05, 4.69) is 5.32 Å². The highest BCUT2D eigenvalue weighted by atomic mass is 16.5. The van der Waals surface area contributed by atoms with Crippen molar-refractivity contribution >= 4 is 29.2 Å². The van der Waals surface area contributed by atoms with Crippen LogP contribution in [0.5, 0.6) is 5.75 Å². The van der Waals surface area contributed by atoms with Gasteiger partial charge in [-0.25, -0.2) is 0 Å². The zero-order valence-corrected chi connectivity index (χ0v) is 16.3. The van der Waals surface area contributed by atoms with Crippen molar-refractivity contribution in [1.82, 2.24) is 0 Å². The normalized spacial score (nSPS) is 12.5. The first-order valence-electron chi connectivity index (χ1n) is 9.51. The maximum absolute atomic E-state index is 12.6. The fourth-order valence-corrected chi connectivity index (χ4v) is 3.35. The summed E-state index contributed by atoms with van der Waals surface area (Å²) in [6, 6.07) is 21.2. The van der Waals surface area contributed by atoms with Crippen LogP contribution in [0.25, 0.3) is 6.08 Å². The molecule has 3 aromatic rings. The smallest absolute Gasteiger partial charge is 0.262 e. The largest absolute Gasteiger partial charge is 0.483 e. The van der Waals surface area contributed by atoms with E-state index in [1.165, 1.54) is 6.08 Å². The van der Waals surface area contributed by atoms with Crippen LogP contribution in [-0.2, 0) is 4.79 Å². The zero-order valence-electron chi connectivity index (χ0n) is 16.3. The number of carbonyl (C=O) groups is 3. The lowest BCUT2D eigenvalue weighted by Gasteiger charge is -2.10. The number of Topliss-reactive ketones (excluding diaryl/α,β-unsaturated/α-hetero) is 2. The van der Waals surface area contributed by atoms with Gasteiger partial charge >= 0.3 is 0 Å². The second-order valence-electron chi connectivity index (χ2n) is 7.01. The second kappa shape index (κ2) is 8.17. The molecule has 0 spiro atoms. The van der Waals surface area contributed by atoms with Gasteiger partial charge in [0, 0.05) is 22.4 Å². The predicted octanol–water partition coefficient (Wildman–Crippen LogP) is 4.48. The van der Waals surface area contributed by atoms with E-state index < -0.39 is 0 Å². The molecule has 0 unspecified atom stereocenters. The maximum atomic E-state index is 12.6. The fraction of sp³-hybridized carbons (Fsp3) is 0.0800. The van der Waals surface area contributed by atoms with Crippen LogP contribution in [0.1, 0.15) is 31.8 Å². The number of para-hydroxylation sites is 1. The molecular formula is C25H19NO4. The van der Waals surface area contributed by atoms with Gasteiger partial charge in [0.1, 0.15) is 5.75 Å². The lowest BCUT2D eigenvalue weighted by molar-refractivity contribution is -0.118. The van der Waals surface area contributed by atoms with Crippen LogP contribution >= 0.6 is 0 Å². The molecule has 4 rings (SSSR count). The monoisotopic (exact) mass is 397 g/mol. The molecule has 30 heavy (non-hydrogen) atoms. The topological polar surface area (TPSA) is 72.5 Å². The molecule has 5 nitrogen and oxygen atoms in total. The molecule has 0 fully saturated rings. The molecule has 0 aliphatic heterocycles. The van der Waals surface area contributed by atoms with Gasteiger partial charge in [-0.2, -0.15) is 0 Å². The van der Waals surface area contributed by atoms with Gasteiger partial charge in [-0.3, -0.25) is 14.4 Å². The number of ketones is 2. The number of rotatable bonds is 5. The average Bonchev–Trinajstić information content (AvgIpc) is 2.98. The van der Waals surface area contributed by atoms with Gasteiger partial charge < -0.3 is 10.1 Å². The van der Waals surface area contributed by atoms with Crippen molar-refractivity contribution < 1.29 is 19.1 Å². The molecule has 0 heterocycles. The summed E-state index contributed by atoms with van der Waals surface area (Å²) in [6.45, 7) is 1.75. The number of fused-ring (bicyclic) bond motifs is 1. The molecule has 1 aliphatic rings. The van der Waals surface area contributed by atoms with Crippen LogP contribution in [-0.4, -0.2) is 24.1 Å². The molecule has 5 heteroatoms. The number of allylic oxidation sites excluding steroid dienone is 1. The van der Waals surface area contributed by atoms with Crippen LogP contribution in [0.15, 0.2) is 78.4 Å². The number of ether oxygens (including phenoxy) is 1. The Morgan fingerprint density at radius 1 is 0.900 bits per heavy atom. The van der Waals surface area contributed by atoms with Crippen molar-refractivity contribution in [3.63, 3.8) is 0 Å². The van der Waals surface area contributed by atoms with E-state index in [0.29, 0.717) is 28.1 Å². The summed E-state index contributed by atoms with van der Waals surface area (Å²) < 4.78 is 5.68. The number of hydrogen-bond acceptors (Lipinski definition) is 4. The van der Waals surface area contributed by atoms with Gasteiger partial charge in [0.2, 0.25) is 0 Å². The standard InChI is InChI=1S/C25H19NO4/c1-16-7-6-9-18(13-16)26-23(27)15-30-22-12-5-2-8-17(22)14-21-24(28)19-10-3-4-11-20(19)25(21)29/h2-14H,15H2,1H3,(H,26,27). The number of amides is 1. The Morgan fingerprint density at radius 3 is 2.27 bits per heavy atom. The van der Waals surface area contributed by atoms with Gasteiger partial charge in [0.25, 0.3) is 5.91 Å². The number of aryl methyl sites for hydroxylation is 1. The van der Waals surface area contributed by atoms with E-state index in [1.54, 1.807) is 54.6 Å². The van der Waals surface area contributed by atoms with E-state index in [0.717, 1.165) is 5.56 Å². The molecule has 0 aromatic heterocycles. The van der Waals surface area contributed by atoms with E-state index >= 15 is 0 Å². The van der Waals surface area contributed by atoms with Crippen molar-refractivity contribution in [2.24, 2.45) is 0 Å². The van der Waals surface area contributed by atoms with Gasteiger partial charge in [0.15, 0.2) is 18.2 Å². The van der Waals surface area contributed by atoms with E-state index in [4.69, 9.17) is 4.74 Å². The van der Waals surface area contributed by atoms with Crippen molar-refractivity contribution in [2.75, 3.05) is 11.9 Å². The van der Waals surface area contributed by atoms with E-state index in [9.17, 15) is 14.4 Å². The summed E-state index contributed by atoms with van der Waals surface area (Å²) in [5.74, 6) is -0.491. The van der Waals surface area contributed by atoms with Gasteiger partial charge in [0.05, 0.1) is 5.57 Å². The van der Waals surface area contributed by atoms with Crippen LogP contribution in [0.3, 0.4) is 0 Å². The van der Waals surface area contributed by atoms with E-state index in [-0.39, 0.29) is 29.7 Å². The Morgan fingerprint density at radius 2 is 1.57 bits per heavy atom. The first-order valence-corrected chi connectivity index (χ1v) is 9.51. The van der Waals surface area contributed by atoms with Crippen molar-refractivity contribution in [3.8, 4) is 5.75 Å². The summed E-state index contributed by atoms with van der Waals surface area (Å²) in [7, 11) is 0. The zero-order chi connectivity index (χ0) is 21.1. The molecular weight excluding hydrogens is 378 g/mol. The summed E-state index contributed by atoms with van der Waals surface area (Å²) in [5, 5.41) is 2.78. The summed E-state index contributed by atoms with van der Waals surface area (Å²) in [4.78, 5) is 37.5. The van der Waals surface area contributed by atoms with Crippen molar-refractivity contribution in [2.45, 2.75) is 6.92 Å². The predicted molar refractivity (Wildman–Crippen MR) is 115 cm³/mol. The molecule has 1 aliphatic carbocycles. The number of hydrogen-bond donors (Lipinski definition) is 1. The average molecular weight is 397 g/mol. The molecule has 0 saturated carbocycles. The van der Waals surface area contributed by atoms with Crippen molar-refractivity contribution in [1.29, 1.82) is 0 Å². The number of benzene rings is 3. The van der Waals surface area contributed by atoms with Crippen LogP contribution in [0.2, 0.25) is 0 Å². The Labute approximate surface area is 174 Å². The second-order valence-corrected chi connectivity index (χ2v) is 7.01. The SMILES string of the molecule is Cc1cccc(NC(=O)COc2ccccc2C=C2C(=O)c3ccccc3C2=O)c1. The Balaban J connectivity index is 1.51. The Kier molecular flexibility index (Phi) is 5.26. The summed E-state index contributed by atoms with van der Waals surface area (Å²) in [6.07, 6.45) is 1.53. The molecule has 0 atom stereocenters. The fourth-order valence-electron chi connectivity index (χ4n) is 3.35. The van der Waals surface area contributed by atoms with Crippen LogP contribution in [0.4, 0.5) is 5.69 Å². The molecule has 0 saturated heterocycles. The Bertz CT molecular complexity index is 1160. The number of carbonyl (C=O) groups excluding carboxylic acids is 3. The minimum Gasteiger partial charge on any atom is -0.483 e. The van der Waals surface area contributed by atoms with Gasteiger partial charge in [-0.1, -0.05) is 54.6 Å². The number of nitrogens with one attached hydrogen (secondary N) is 1.